The lowest BCUT2D eigenvalue weighted by Gasteiger charge is -2.12. The topological polar surface area (TPSA) is 39.2 Å². The predicted octanol–water partition coefficient (Wildman–Crippen LogP) is 3.74. The number of hydrogen-bond acceptors (Lipinski definition) is 2. The van der Waals surface area contributed by atoms with E-state index >= 15 is 0 Å². The van der Waals surface area contributed by atoms with E-state index in [1.807, 2.05) is 24.3 Å². The first kappa shape index (κ1) is 10.7. The van der Waals surface area contributed by atoms with Crippen molar-refractivity contribution in [1.82, 2.24) is 0 Å². The second-order valence-electron chi connectivity index (χ2n) is 3.20. The van der Waals surface area contributed by atoms with Gasteiger partial charge in [-0.15, -0.1) is 0 Å². The molecule has 15 heavy (non-hydrogen) atoms. The molecular formula is C11H9BrClNO. The maximum absolute atomic E-state index is 6.08. The first-order valence-electron chi connectivity index (χ1n) is 4.41. The van der Waals surface area contributed by atoms with Crippen LogP contribution in [0.5, 0.6) is 0 Å². The molecule has 1 aromatic heterocycles. The summed E-state index contributed by atoms with van der Waals surface area (Å²) in [5, 5.41) is 0.673. The first-order chi connectivity index (χ1) is 7.18. The zero-order chi connectivity index (χ0) is 10.8. The second kappa shape index (κ2) is 4.39. The van der Waals surface area contributed by atoms with Crippen molar-refractivity contribution in [1.29, 1.82) is 0 Å². The number of rotatable bonds is 2. The van der Waals surface area contributed by atoms with Crippen LogP contribution in [-0.4, -0.2) is 0 Å². The van der Waals surface area contributed by atoms with Gasteiger partial charge in [-0.05, 0) is 29.8 Å². The number of halogens is 2. The van der Waals surface area contributed by atoms with Gasteiger partial charge < -0.3 is 10.2 Å². The summed E-state index contributed by atoms with van der Waals surface area (Å²) in [6.07, 6.45) is 3.24. The van der Waals surface area contributed by atoms with Gasteiger partial charge in [-0.25, -0.2) is 0 Å². The van der Waals surface area contributed by atoms with E-state index < -0.39 is 0 Å². The molecule has 2 aromatic rings. The van der Waals surface area contributed by atoms with Crippen LogP contribution >= 0.6 is 27.5 Å². The Labute approximate surface area is 101 Å². The molecule has 2 rings (SSSR count). The van der Waals surface area contributed by atoms with Crippen molar-refractivity contribution in [3.63, 3.8) is 0 Å². The predicted molar refractivity (Wildman–Crippen MR) is 63.9 cm³/mol. The van der Waals surface area contributed by atoms with E-state index in [-0.39, 0.29) is 6.04 Å². The maximum atomic E-state index is 6.08. The van der Waals surface area contributed by atoms with Gasteiger partial charge in [0.25, 0.3) is 0 Å². The van der Waals surface area contributed by atoms with Crippen molar-refractivity contribution in [3.05, 3.63) is 57.4 Å². The first-order valence-corrected chi connectivity index (χ1v) is 5.58. The minimum atomic E-state index is -0.225. The van der Waals surface area contributed by atoms with Crippen molar-refractivity contribution >= 4 is 27.5 Å². The molecule has 0 aliphatic carbocycles. The zero-order valence-corrected chi connectivity index (χ0v) is 10.1. The van der Waals surface area contributed by atoms with Gasteiger partial charge in [0.2, 0.25) is 0 Å². The van der Waals surface area contributed by atoms with Crippen molar-refractivity contribution in [2.45, 2.75) is 6.04 Å². The van der Waals surface area contributed by atoms with Crippen molar-refractivity contribution in [2.75, 3.05) is 0 Å². The molecule has 0 bridgehead atoms. The molecule has 0 spiro atoms. The van der Waals surface area contributed by atoms with Gasteiger partial charge in [-0.3, -0.25) is 0 Å². The quantitative estimate of drug-likeness (QED) is 0.913. The Morgan fingerprint density at radius 3 is 2.80 bits per heavy atom. The van der Waals surface area contributed by atoms with Crippen molar-refractivity contribution in [3.8, 4) is 0 Å². The molecule has 2 nitrogen and oxygen atoms in total. The van der Waals surface area contributed by atoms with Gasteiger partial charge in [0.15, 0.2) is 0 Å². The number of benzene rings is 1. The summed E-state index contributed by atoms with van der Waals surface area (Å²) in [6.45, 7) is 0. The summed E-state index contributed by atoms with van der Waals surface area (Å²) in [4.78, 5) is 0. The molecule has 0 amide bonds. The third-order valence-electron chi connectivity index (χ3n) is 2.20. The molecule has 1 atom stereocenters. The summed E-state index contributed by atoms with van der Waals surface area (Å²) >= 11 is 9.37. The van der Waals surface area contributed by atoms with Crippen LogP contribution in [0, 0.1) is 0 Å². The Morgan fingerprint density at radius 1 is 1.33 bits per heavy atom. The van der Waals surface area contributed by atoms with Crippen LogP contribution in [0.25, 0.3) is 0 Å². The normalized spacial score (nSPS) is 12.7. The Hall–Kier alpha value is -0.770. The molecule has 0 fully saturated rings. The third-order valence-corrected chi connectivity index (χ3v) is 3.15. The monoisotopic (exact) mass is 285 g/mol. The van der Waals surface area contributed by atoms with E-state index in [2.05, 4.69) is 15.9 Å². The Morgan fingerprint density at radius 2 is 2.13 bits per heavy atom. The lowest BCUT2D eigenvalue weighted by molar-refractivity contribution is 0.562. The average Bonchev–Trinajstić information content (AvgIpc) is 2.74. The summed E-state index contributed by atoms with van der Waals surface area (Å²) in [5.41, 5.74) is 7.96. The summed E-state index contributed by atoms with van der Waals surface area (Å²) in [6, 6.07) is 7.17. The van der Waals surface area contributed by atoms with E-state index in [1.54, 1.807) is 12.5 Å². The van der Waals surface area contributed by atoms with Crippen molar-refractivity contribution < 1.29 is 4.42 Å². The number of hydrogen-bond donors (Lipinski definition) is 1. The summed E-state index contributed by atoms with van der Waals surface area (Å²) in [5.74, 6) is 0. The van der Waals surface area contributed by atoms with Gasteiger partial charge in [-0.1, -0.05) is 27.5 Å². The molecule has 1 heterocycles. The number of furan rings is 1. The van der Waals surface area contributed by atoms with Crippen LogP contribution in [-0.2, 0) is 0 Å². The molecule has 0 aliphatic heterocycles. The molecule has 0 aliphatic rings. The standard InChI is InChI=1S/C11H9BrClNO/c12-10-2-1-8(13)5-9(10)11(14)7-3-4-15-6-7/h1-6,11H,14H2. The second-order valence-corrected chi connectivity index (χ2v) is 4.49. The Bertz CT molecular complexity index is 456. The highest BCUT2D eigenvalue weighted by atomic mass is 79.9. The Balaban J connectivity index is 2.41. The van der Waals surface area contributed by atoms with E-state index in [0.717, 1.165) is 15.6 Å². The molecule has 0 radical (unpaired) electrons. The fraction of sp³-hybridized carbons (Fsp3) is 0.0909. The minimum absolute atomic E-state index is 0.225. The smallest absolute Gasteiger partial charge is 0.0953 e. The van der Waals surface area contributed by atoms with Crippen molar-refractivity contribution in [2.24, 2.45) is 5.73 Å². The Kier molecular flexibility index (Phi) is 3.14. The molecule has 2 N–H and O–H groups in total. The van der Waals surface area contributed by atoms with Crippen LogP contribution < -0.4 is 5.73 Å². The summed E-state index contributed by atoms with van der Waals surface area (Å²) < 4.78 is 5.94. The van der Waals surface area contributed by atoms with E-state index in [0.29, 0.717) is 5.02 Å². The molecule has 78 valence electrons. The van der Waals surface area contributed by atoms with Gasteiger partial charge in [-0.2, -0.15) is 0 Å². The summed E-state index contributed by atoms with van der Waals surface area (Å²) in [7, 11) is 0. The molecule has 1 aromatic carbocycles. The lowest BCUT2D eigenvalue weighted by Crippen LogP contribution is -2.11. The largest absolute Gasteiger partial charge is 0.472 e. The van der Waals surface area contributed by atoms with Crippen LogP contribution in [0.2, 0.25) is 5.02 Å². The highest BCUT2D eigenvalue weighted by Crippen LogP contribution is 2.29. The molecule has 1 unspecified atom stereocenters. The molecule has 4 heteroatoms. The van der Waals surface area contributed by atoms with E-state index in [1.165, 1.54) is 0 Å². The zero-order valence-electron chi connectivity index (χ0n) is 7.78. The van der Waals surface area contributed by atoms with Gasteiger partial charge in [0.1, 0.15) is 0 Å². The lowest BCUT2D eigenvalue weighted by atomic mass is 10.0. The highest BCUT2D eigenvalue weighted by molar-refractivity contribution is 9.10. The minimum Gasteiger partial charge on any atom is -0.472 e. The van der Waals surface area contributed by atoms with Gasteiger partial charge in [0, 0.05) is 15.1 Å². The van der Waals surface area contributed by atoms with Gasteiger partial charge in [0.05, 0.1) is 18.6 Å². The maximum Gasteiger partial charge on any atom is 0.0953 e. The fourth-order valence-electron chi connectivity index (χ4n) is 1.38. The van der Waals surface area contributed by atoms with Crippen LogP contribution in [0.3, 0.4) is 0 Å². The highest BCUT2D eigenvalue weighted by Gasteiger charge is 2.13. The van der Waals surface area contributed by atoms with Crippen LogP contribution in [0.4, 0.5) is 0 Å². The third kappa shape index (κ3) is 2.25. The molecular weight excluding hydrogens is 277 g/mol. The molecule has 0 saturated heterocycles. The number of nitrogens with two attached hydrogens (primary N) is 1. The van der Waals surface area contributed by atoms with E-state index in [9.17, 15) is 0 Å². The average molecular weight is 287 g/mol. The van der Waals surface area contributed by atoms with Gasteiger partial charge >= 0.3 is 0 Å². The fourth-order valence-corrected chi connectivity index (χ4v) is 2.06. The van der Waals surface area contributed by atoms with Crippen LogP contribution in [0.15, 0.2) is 45.7 Å². The van der Waals surface area contributed by atoms with Crippen LogP contribution in [0.1, 0.15) is 17.2 Å². The van der Waals surface area contributed by atoms with E-state index in [4.69, 9.17) is 21.8 Å². The SMILES string of the molecule is NC(c1ccoc1)c1cc(Cl)ccc1Br. The molecule has 0 saturated carbocycles.